The molecule has 1 heterocycles. The minimum atomic E-state index is -1.30. The Morgan fingerprint density at radius 3 is 2.17 bits per heavy atom. The molecule has 1 aliphatic rings. The molecular weight excluding hydrogens is 578 g/mol. The molecule has 1 amide bonds. The van der Waals surface area contributed by atoms with Crippen molar-refractivity contribution in [2.75, 3.05) is 26.4 Å². The summed E-state index contributed by atoms with van der Waals surface area (Å²) in [6, 6.07) is 35.7. The Morgan fingerprint density at radius 2 is 1.50 bits per heavy atom. The van der Waals surface area contributed by atoms with Crippen molar-refractivity contribution in [2.45, 2.75) is 50.9 Å². The van der Waals surface area contributed by atoms with Crippen LogP contribution in [0.3, 0.4) is 0 Å². The quantitative estimate of drug-likeness (QED) is 0.104. The second kappa shape index (κ2) is 16.2. The topological polar surface area (TPSA) is 101 Å². The molecule has 0 unspecified atom stereocenters. The monoisotopic (exact) mass is 621 g/mol. The fourth-order valence-corrected chi connectivity index (χ4v) is 5.40. The second-order valence-corrected chi connectivity index (χ2v) is 11.6. The predicted molar refractivity (Wildman–Crippen MR) is 181 cm³/mol. The van der Waals surface area contributed by atoms with Crippen LogP contribution >= 0.6 is 0 Å². The van der Waals surface area contributed by atoms with Gasteiger partial charge in [-0.25, -0.2) is 10.4 Å². The summed E-state index contributed by atoms with van der Waals surface area (Å²) in [6.45, 7) is 5.64. The SMILES string of the molecule is CC(C)OCCCNNC(=O)[C@@]1(Cc2ccccc2)N=C(c2ccc(OCCCO)cc2)O[C@H]1c1ccc(-c2ccccc2)cc1. The molecular formula is C38H43N3O5. The highest BCUT2D eigenvalue weighted by atomic mass is 16.5. The number of hydrazine groups is 1. The number of carbonyl (C=O) groups is 1. The van der Waals surface area contributed by atoms with Crippen molar-refractivity contribution < 1.29 is 24.1 Å². The van der Waals surface area contributed by atoms with Crippen molar-refractivity contribution in [1.82, 2.24) is 10.9 Å². The average molecular weight is 622 g/mol. The first kappa shape index (κ1) is 32.9. The highest BCUT2D eigenvalue weighted by Crippen LogP contribution is 2.43. The van der Waals surface area contributed by atoms with Gasteiger partial charge in [0.2, 0.25) is 5.90 Å². The van der Waals surface area contributed by atoms with Gasteiger partial charge in [-0.05, 0) is 66.8 Å². The molecule has 0 saturated heterocycles. The van der Waals surface area contributed by atoms with Crippen LogP contribution in [0, 0.1) is 0 Å². The van der Waals surface area contributed by atoms with Crippen LogP contribution in [-0.2, 0) is 20.7 Å². The summed E-state index contributed by atoms with van der Waals surface area (Å²) in [5.74, 6) is 0.787. The average Bonchev–Trinajstić information content (AvgIpc) is 3.47. The molecule has 0 aliphatic carbocycles. The highest BCUT2D eigenvalue weighted by Gasteiger charge is 2.53. The van der Waals surface area contributed by atoms with Crippen LogP contribution in [-0.4, -0.2) is 54.9 Å². The van der Waals surface area contributed by atoms with Gasteiger partial charge in [-0.3, -0.25) is 10.2 Å². The van der Waals surface area contributed by atoms with Crippen molar-refractivity contribution >= 4 is 11.8 Å². The van der Waals surface area contributed by atoms with E-state index in [0.717, 1.165) is 34.2 Å². The van der Waals surface area contributed by atoms with Gasteiger partial charge in [0.1, 0.15) is 5.75 Å². The second-order valence-electron chi connectivity index (χ2n) is 11.6. The van der Waals surface area contributed by atoms with Crippen LogP contribution in [0.2, 0.25) is 0 Å². The Hall–Kier alpha value is -4.50. The zero-order valence-corrected chi connectivity index (χ0v) is 26.5. The molecule has 2 atom stereocenters. The van der Waals surface area contributed by atoms with Crippen LogP contribution in [0.1, 0.15) is 49.5 Å². The van der Waals surface area contributed by atoms with Crippen LogP contribution in [0.25, 0.3) is 11.1 Å². The number of aliphatic imine (C=N–C) groups is 1. The normalized spacial score (nSPS) is 17.4. The number of aliphatic hydroxyl groups is 1. The minimum absolute atomic E-state index is 0.0720. The van der Waals surface area contributed by atoms with Gasteiger partial charge in [0.05, 0.1) is 12.7 Å². The first-order chi connectivity index (χ1) is 22.5. The molecule has 0 spiro atoms. The summed E-state index contributed by atoms with van der Waals surface area (Å²) in [7, 11) is 0. The molecule has 0 aromatic heterocycles. The minimum Gasteiger partial charge on any atom is -0.494 e. The Morgan fingerprint density at radius 1 is 0.848 bits per heavy atom. The predicted octanol–water partition coefficient (Wildman–Crippen LogP) is 6.05. The number of ether oxygens (including phenoxy) is 3. The fraction of sp³-hybridized carbons (Fsp3) is 0.316. The van der Waals surface area contributed by atoms with E-state index >= 15 is 0 Å². The van der Waals surface area contributed by atoms with Crippen LogP contribution in [0.5, 0.6) is 5.75 Å². The van der Waals surface area contributed by atoms with E-state index in [4.69, 9.17) is 24.3 Å². The fourth-order valence-electron chi connectivity index (χ4n) is 5.40. The molecule has 0 bridgehead atoms. The van der Waals surface area contributed by atoms with Gasteiger partial charge in [-0.15, -0.1) is 0 Å². The summed E-state index contributed by atoms with van der Waals surface area (Å²) in [4.78, 5) is 19.4. The Bertz CT molecular complexity index is 1540. The molecule has 8 nitrogen and oxygen atoms in total. The van der Waals surface area contributed by atoms with Crippen molar-refractivity contribution in [3.8, 4) is 16.9 Å². The summed E-state index contributed by atoms with van der Waals surface area (Å²) >= 11 is 0. The van der Waals surface area contributed by atoms with E-state index in [1.807, 2.05) is 98.8 Å². The van der Waals surface area contributed by atoms with Gasteiger partial charge in [-0.2, -0.15) is 0 Å². The zero-order valence-electron chi connectivity index (χ0n) is 26.5. The number of rotatable bonds is 16. The largest absolute Gasteiger partial charge is 0.494 e. The summed E-state index contributed by atoms with van der Waals surface area (Å²) in [6.07, 6.45) is 1.08. The van der Waals surface area contributed by atoms with Crippen molar-refractivity contribution in [1.29, 1.82) is 0 Å². The van der Waals surface area contributed by atoms with Crippen molar-refractivity contribution in [2.24, 2.45) is 4.99 Å². The van der Waals surface area contributed by atoms with Crippen LogP contribution < -0.4 is 15.6 Å². The number of nitrogens with one attached hydrogen (secondary N) is 2. The molecule has 240 valence electrons. The van der Waals surface area contributed by atoms with E-state index in [1.165, 1.54) is 0 Å². The number of hydrogen-bond donors (Lipinski definition) is 3. The molecule has 4 aromatic carbocycles. The number of carbonyl (C=O) groups excluding carboxylic acids is 1. The van der Waals surface area contributed by atoms with E-state index in [2.05, 4.69) is 35.1 Å². The van der Waals surface area contributed by atoms with Crippen molar-refractivity contribution in [3.05, 3.63) is 126 Å². The van der Waals surface area contributed by atoms with Gasteiger partial charge in [0, 0.05) is 38.2 Å². The number of benzene rings is 4. The maximum absolute atomic E-state index is 14.3. The van der Waals surface area contributed by atoms with E-state index < -0.39 is 11.6 Å². The molecule has 5 rings (SSSR count). The first-order valence-corrected chi connectivity index (χ1v) is 15.9. The molecule has 46 heavy (non-hydrogen) atoms. The van der Waals surface area contributed by atoms with Crippen LogP contribution in [0.4, 0.5) is 0 Å². The third-order valence-corrected chi connectivity index (χ3v) is 7.77. The smallest absolute Gasteiger partial charge is 0.266 e. The summed E-state index contributed by atoms with van der Waals surface area (Å²) in [5, 5.41) is 9.08. The molecule has 0 radical (unpaired) electrons. The third-order valence-electron chi connectivity index (χ3n) is 7.77. The number of hydrogen-bond acceptors (Lipinski definition) is 7. The van der Waals surface area contributed by atoms with Gasteiger partial charge >= 0.3 is 0 Å². The van der Waals surface area contributed by atoms with E-state index in [-0.39, 0.29) is 18.6 Å². The highest BCUT2D eigenvalue weighted by molar-refractivity contribution is 6.01. The third kappa shape index (κ3) is 8.40. The Labute approximate surface area is 271 Å². The summed E-state index contributed by atoms with van der Waals surface area (Å²) in [5.41, 5.74) is 9.48. The molecule has 0 fully saturated rings. The lowest BCUT2D eigenvalue weighted by Crippen LogP contribution is -2.54. The number of aliphatic hydroxyl groups excluding tert-OH is 1. The van der Waals surface area contributed by atoms with Gasteiger partial charge < -0.3 is 19.3 Å². The lowest BCUT2D eigenvalue weighted by atomic mass is 9.82. The molecule has 3 N–H and O–H groups in total. The number of amides is 1. The van der Waals surface area contributed by atoms with Gasteiger partial charge in [0.15, 0.2) is 11.6 Å². The zero-order chi connectivity index (χ0) is 32.2. The van der Waals surface area contributed by atoms with E-state index in [0.29, 0.717) is 44.2 Å². The molecule has 4 aromatic rings. The van der Waals surface area contributed by atoms with E-state index in [9.17, 15) is 4.79 Å². The lowest BCUT2D eigenvalue weighted by molar-refractivity contribution is -0.130. The van der Waals surface area contributed by atoms with Gasteiger partial charge in [-0.1, -0.05) is 84.9 Å². The van der Waals surface area contributed by atoms with Gasteiger partial charge in [0.25, 0.3) is 5.91 Å². The maximum atomic E-state index is 14.3. The molecule has 1 aliphatic heterocycles. The standard InChI is InChI=1S/C38H43N3O5/c1-28(2)44-25-9-23-39-41-37(43)38(27-29-11-5-3-6-12-29)35(32-17-15-31(16-18-32)30-13-7-4-8-14-30)46-36(40-38)33-19-21-34(22-20-33)45-26-10-24-42/h3-8,11-22,28,35,39,42H,9-10,23-27H2,1-2H3,(H,41,43)/t35-,38-/m0/s1. The molecule has 0 saturated carbocycles. The Balaban J connectivity index is 1.48. The van der Waals surface area contributed by atoms with E-state index in [1.54, 1.807) is 0 Å². The summed E-state index contributed by atoms with van der Waals surface area (Å²) < 4.78 is 18.0. The molecule has 8 heteroatoms. The maximum Gasteiger partial charge on any atom is 0.266 e. The first-order valence-electron chi connectivity index (χ1n) is 15.9. The lowest BCUT2D eigenvalue weighted by Gasteiger charge is -2.31. The number of nitrogens with zero attached hydrogens (tertiary/aromatic N) is 1. The van der Waals surface area contributed by atoms with Crippen LogP contribution in [0.15, 0.2) is 114 Å². The van der Waals surface area contributed by atoms with Crippen molar-refractivity contribution in [3.63, 3.8) is 0 Å². The Kier molecular flexibility index (Phi) is 11.6.